The summed E-state index contributed by atoms with van der Waals surface area (Å²) in [6.07, 6.45) is 0.536. The number of anilines is 2. The van der Waals surface area contributed by atoms with Crippen molar-refractivity contribution in [2.45, 2.75) is 6.42 Å². The molecule has 0 saturated heterocycles. The first-order chi connectivity index (χ1) is 13.9. The molecule has 0 radical (unpaired) electrons. The molecule has 5 amide bonds. The number of primary amides is 1. The third kappa shape index (κ3) is 4.25. The van der Waals surface area contributed by atoms with Crippen molar-refractivity contribution in [3.05, 3.63) is 59.2 Å². The van der Waals surface area contributed by atoms with E-state index in [1.807, 2.05) is 0 Å². The summed E-state index contributed by atoms with van der Waals surface area (Å²) in [5.74, 6) is -1.45. The summed E-state index contributed by atoms with van der Waals surface area (Å²) < 4.78 is 4.95. The quantitative estimate of drug-likeness (QED) is 0.487. The number of carbonyl (C=O) groups excluding carboxylic acids is 4. The van der Waals surface area contributed by atoms with Gasteiger partial charge in [0, 0.05) is 25.9 Å². The molecule has 29 heavy (non-hydrogen) atoms. The van der Waals surface area contributed by atoms with Crippen LogP contribution in [0.3, 0.4) is 0 Å². The number of hydrogen-bond donors (Lipinski definition) is 3. The minimum Gasteiger partial charge on any atom is -0.385 e. The molecule has 0 saturated carbocycles. The standard InChI is InChI=1S/C20H20N4O5/c1-29-10-4-9-24-18(26)13-8-7-12(11-15(13)19(24)27)22-20(28)23-16-6-3-2-5-14(16)17(21)25/h2-3,5-8,11H,4,9-10H2,1H3,(H2,21,25)(H2,22,23,28). The van der Waals surface area contributed by atoms with Gasteiger partial charge in [-0.1, -0.05) is 12.1 Å². The van der Waals surface area contributed by atoms with E-state index >= 15 is 0 Å². The van der Waals surface area contributed by atoms with E-state index in [9.17, 15) is 19.2 Å². The van der Waals surface area contributed by atoms with Crippen LogP contribution in [-0.2, 0) is 4.74 Å². The highest BCUT2D eigenvalue weighted by Crippen LogP contribution is 2.26. The van der Waals surface area contributed by atoms with Gasteiger partial charge in [-0.25, -0.2) is 4.79 Å². The Morgan fingerprint density at radius 2 is 1.76 bits per heavy atom. The molecule has 1 aliphatic heterocycles. The van der Waals surface area contributed by atoms with Crippen LogP contribution in [0.1, 0.15) is 37.5 Å². The van der Waals surface area contributed by atoms with Gasteiger partial charge in [-0.05, 0) is 36.8 Å². The van der Waals surface area contributed by atoms with Crippen molar-refractivity contribution in [2.75, 3.05) is 30.9 Å². The normalized spacial score (nSPS) is 12.7. The van der Waals surface area contributed by atoms with Crippen LogP contribution in [0.15, 0.2) is 42.5 Å². The van der Waals surface area contributed by atoms with Crippen molar-refractivity contribution >= 4 is 35.1 Å². The number of para-hydroxylation sites is 1. The lowest BCUT2D eigenvalue weighted by atomic mass is 10.1. The zero-order chi connectivity index (χ0) is 21.0. The predicted molar refractivity (Wildman–Crippen MR) is 106 cm³/mol. The van der Waals surface area contributed by atoms with E-state index in [4.69, 9.17) is 10.5 Å². The summed E-state index contributed by atoms with van der Waals surface area (Å²) in [6, 6.07) is 10.2. The second kappa shape index (κ2) is 8.53. The van der Waals surface area contributed by atoms with Gasteiger partial charge in [-0.3, -0.25) is 19.3 Å². The Morgan fingerprint density at radius 1 is 1.03 bits per heavy atom. The zero-order valence-corrected chi connectivity index (χ0v) is 15.7. The number of nitrogens with zero attached hydrogens (tertiary/aromatic N) is 1. The molecule has 0 aromatic heterocycles. The molecule has 150 valence electrons. The van der Waals surface area contributed by atoms with Gasteiger partial charge < -0.3 is 21.1 Å². The van der Waals surface area contributed by atoms with Gasteiger partial charge in [-0.15, -0.1) is 0 Å². The molecule has 1 aliphatic rings. The van der Waals surface area contributed by atoms with Gasteiger partial charge >= 0.3 is 6.03 Å². The lowest BCUT2D eigenvalue weighted by Crippen LogP contribution is -2.31. The highest BCUT2D eigenvalue weighted by atomic mass is 16.5. The van der Waals surface area contributed by atoms with Crippen molar-refractivity contribution in [1.29, 1.82) is 0 Å². The highest BCUT2D eigenvalue weighted by molar-refractivity contribution is 6.22. The van der Waals surface area contributed by atoms with E-state index < -0.39 is 17.8 Å². The van der Waals surface area contributed by atoms with Gasteiger partial charge in [0.15, 0.2) is 0 Å². The van der Waals surface area contributed by atoms with Crippen LogP contribution in [-0.4, -0.2) is 48.9 Å². The number of imide groups is 1. The maximum Gasteiger partial charge on any atom is 0.323 e. The minimum atomic E-state index is -0.670. The van der Waals surface area contributed by atoms with Gasteiger partial charge in [0.25, 0.3) is 17.7 Å². The van der Waals surface area contributed by atoms with Gasteiger partial charge in [-0.2, -0.15) is 0 Å². The van der Waals surface area contributed by atoms with Crippen molar-refractivity contribution in [2.24, 2.45) is 5.73 Å². The van der Waals surface area contributed by atoms with Gasteiger partial charge in [0.2, 0.25) is 0 Å². The van der Waals surface area contributed by atoms with Gasteiger partial charge in [0.05, 0.1) is 22.4 Å². The average molecular weight is 396 g/mol. The number of urea groups is 1. The third-order valence-electron chi connectivity index (χ3n) is 4.40. The summed E-state index contributed by atoms with van der Waals surface area (Å²) in [5, 5.41) is 5.13. The third-order valence-corrected chi connectivity index (χ3v) is 4.40. The lowest BCUT2D eigenvalue weighted by molar-refractivity contribution is 0.0638. The summed E-state index contributed by atoms with van der Waals surface area (Å²) in [5.41, 5.74) is 6.57. The summed E-state index contributed by atoms with van der Waals surface area (Å²) in [4.78, 5) is 49.8. The van der Waals surface area contributed by atoms with Crippen LogP contribution in [0.4, 0.5) is 16.2 Å². The molecule has 0 unspecified atom stereocenters. The Labute approximate surface area is 166 Å². The number of hydrogen-bond acceptors (Lipinski definition) is 5. The second-order valence-electron chi connectivity index (χ2n) is 6.36. The summed E-state index contributed by atoms with van der Waals surface area (Å²) >= 11 is 0. The predicted octanol–water partition coefficient (Wildman–Crippen LogP) is 2.06. The molecule has 0 spiro atoms. The Hall–Kier alpha value is -3.72. The largest absolute Gasteiger partial charge is 0.385 e. The molecule has 0 bridgehead atoms. The molecule has 0 aliphatic carbocycles. The fraction of sp³-hybridized carbons (Fsp3) is 0.200. The number of carbonyl (C=O) groups is 4. The molecule has 0 fully saturated rings. The van der Waals surface area contributed by atoms with Crippen LogP contribution < -0.4 is 16.4 Å². The fourth-order valence-corrected chi connectivity index (χ4v) is 3.03. The van der Waals surface area contributed by atoms with E-state index in [-0.39, 0.29) is 34.8 Å². The Morgan fingerprint density at radius 3 is 2.48 bits per heavy atom. The van der Waals surface area contributed by atoms with Crippen LogP contribution in [0, 0.1) is 0 Å². The average Bonchev–Trinajstić information content (AvgIpc) is 2.92. The van der Waals surface area contributed by atoms with Crippen molar-refractivity contribution in [3.8, 4) is 0 Å². The number of benzene rings is 2. The smallest absolute Gasteiger partial charge is 0.323 e. The molecule has 3 rings (SSSR count). The molecule has 9 nitrogen and oxygen atoms in total. The highest BCUT2D eigenvalue weighted by Gasteiger charge is 2.35. The molecule has 9 heteroatoms. The molecule has 2 aromatic carbocycles. The Balaban J connectivity index is 1.72. The Bertz CT molecular complexity index is 989. The number of amides is 5. The van der Waals surface area contributed by atoms with Crippen molar-refractivity contribution < 1.29 is 23.9 Å². The molecular formula is C20H20N4O5. The van der Waals surface area contributed by atoms with Gasteiger partial charge in [0.1, 0.15) is 0 Å². The Kier molecular flexibility index (Phi) is 5.89. The molecule has 2 aromatic rings. The maximum absolute atomic E-state index is 12.5. The van der Waals surface area contributed by atoms with Crippen LogP contribution in [0.5, 0.6) is 0 Å². The number of fused-ring (bicyclic) bond motifs is 1. The van der Waals surface area contributed by atoms with Crippen LogP contribution in [0.25, 0.3) is 0 Å². The van der Waals surface area contributed by atoms with E-state index in [0.29, 0.717) is 18.7 Å². The van der Waals surface area contributed by atoms with E-state index in [2.05, 4.69) is 10.6 Å². The van der Waals surface area contributed by atoms with E-state index in [1.54, 1.807) is 25.3 Å². The number of nitrogens with two attached hydrogens (primary N) is 1. The van der Waals surface area contributed by atoms with Crippen molar-refractivity contribution in [1.82, 2.24) is 4.90 Å². The number of rotatable bonds is 7. The first-order valence-electron chi connectivity index (χ1n) is 8.88. The zero-order valence-electron chi connectivity index (χ0n) is 15.7. The SMILES string of the molecule is COCCCN1C(=O)c2ccc(NC(=O)Nc3ccccc3C(N)=O)cc2C1=O. The molecular weight excluding hydrogens is 376 g/mol. The molecule has 0 atom stereocenters. The topological polar surface area (TPSA) is 131 Å². The molecule has 4 N–H and O–H groups in total. The van der Waals surface area contributed by atoms with E-state index in [1.165, 1.54) is 24.3 Å². The van der Waals surface area contributed by atoms with Crippen molar-refractivity contribution in [3.63, 3.8) is 0 Å². The monoisotopic (exact) mass is 396 g/mol. The first kappa shape index (κ1) is 20.0. The number of methoxy groups -OCH3 is 1. The van der Waals surface area contributed by atoms with E-state index in [0.717, 1.165) is 4.90 Å². The lowest BCUT2D eigenvalue weighted by Gasteiger charge is -2.12. The molecule has 1 heterocycles. The maximum atomic E-state index is 12.5. The van der Waals surface area contributed by atoms with Crippen LogP contribution >= 0.6 is 0 Å². The summed E-state index contributed by atoms with van der Waals surface area (Å²) in [7, 11) is 1.55. The summed E-state index contributed by atoms with van der Waals surface area (Å²) in [6.45, 7) is 0.695. The van der Waals surface area contributed by atoms with Crippen LogP contribution in [0.2, 0.25) is 0 Å². The number of ether oxygens (including phenoxy) is 1. The first-order valence-corrected chi connectivity index (χ1v) is 8.88. The second-order valence-corrected chi connectivity index (χ2v) is 6.36. The number of nitrogens with one attached hydrogen (secondary N) is 2. The minimum absolute atomic E-state index is 0.170. The fourth-order valence-electron chi connectivity index (χ4n) is 3.03.